The molecule has 1 amide bonds. The first kappa shape index (κ1) is 12.8. The number of nitrogens with zero attached hydrogens (tertiary/aromatic N) is 1. The summed E-state index contributed by atoms with van der Waals surface area (Å²) in [6.07, 6.45) is 0. The maximum absolute atomic E-state index is 11.8. The number of anilines is 1. The predicted octanol–water partition coefficient (Wildman–Crippen LogP) is 1.13. The number of carbonyl (C=O) groups excluding carboxylic acids is 1. The molecule has 0 unspecified atom stereocenters. The van der Waals surface area contributed by atoms with Crippen LogP contribution in [0.5, 0.6) is 0 Å². The SMILES string of the molecule is CN(CC(=O)Nc1cccc(I)c1)C1CNC1. The van der Waals surface area contributed by atoms with E-state index >= 15 is 0 Å². The molecule has 2 N–H and O–H groups in total. The predicted molar refractivity (Wildman–Crippen MR) is 77.1 cm³/mol. The maximum Gasteiger partial charge on any atom is 0.238 e. The monoisotopic (exact) mass is 345 g/mol. The molecule has 5 heteroatoms. The molecule has 2 rings (SSSR count). The summed E-state index contributed by atoms with van der Waals surface area (Å²) in [6.45, 7) is 2.40. The summed E-state index contributed by atoms with van der Waals surface area (Å²) in [6, 6.07) is 8.31. The number of rotatable bonds is 4. The van der Waals surface area contributed by atoms with Crippen LogP contribution in [-0.4, -0.2) is 43.5 Å². The third kappa shape index (κ3) is 3.65. The van der Waals surface area contributed by atoms with Crippen LogP contribution < -0.4 is 10.6 Å². The Hall–Kier alpha value is -0.660. The quantitative estimate of drug-likeness (QED) is 0.805. The lowest BCUT2D eigenvalue weighted by Gasteiger charge is -2.35. The molecule has 4 nitrogen and oxygen atoms in total. The molecular formula is C12H16IN3O. The summed E-state index contributed by atoms with van der Waals surface area (Å²) < 4.78 is 1.12. The van der Waals surface area contributed by atoms with E-state index in [4.69, 9.17) is 0 Å². The lowest BCUT2D eigenvalue weighted by Crippen LogP contribution is -2.57. The van der Waals surface area contributed by atoms with Crippen LogP contribution in [-0.2, 0) is 4.79 Å². The van der Waals surface area contributed by atoms with E-state index in [1.54, 1.807) is 0 Å². The minimum atomic E-state index is 0.0430. The van der Waals surface area contributed by atoms with Gasteiger partial charge in [0.1, 0.15) is 0 Å². The second-order valence-corrected chi connectivity index (χ2v) is 5.53. The largest absolute Gasteiger partial charge is 0.325 e. The fraction of sp³-hybridized carbons (Fsp3) is 0.417. The lowest BCUT2D eigenvalue weighted by molar-refractivity contribution is -0.117. The second-order valence-electron chi connectivity index (χ2n) is 4.29. The van der Waals surface area contributed by atoms with Crippen LogP contribution in [0.25, 0.3) is 0 Å². The van der Waals surface area contributed by atoms with Gasteiger partial charge >= 0.3 is 0 Å². The molecule has 0 spiro atoms. The van der Waals surface area contributed by atoms with E-state index in [1.165, 1.54) is 0 Å². The number of likely N-dealkylation sites (N-methyl/N-ethyl adjacent to an activating group) is 1. The van der Waals surface area contributed by atoms with Crippen LogP contribution in [0, 0.1) is 3.57 Å². The van der Waals surface area contributed by atoms with Gasteiger partial charge in [0.05, 0.1) is 6.54 Å². The molecule has 1 aromatic carbocycles. The van der Waals surface area contributed by atoms with Gasteiger partial charge < -0.3 is 10.6 Å². The van der Waals surface area contributed by atoms with Crippen molar-refractivity contribution >= 4 is 34.2 Å². The van der Waals surface area contributed by atoms with Gasteiger partial charge in [-0.25, -0.2) is 0 Å². The van der Waals surface area contributed by atoms with Gasteiger partial charge in [0, 0.05) is 28.4 Å². The third-order valence-electron chi connectivity index (χ3n) is 2.88. The molecule has 1 aromatic rings. The molecule has 1 aliphatic heterocycles. The van der Waals surface area contributed by atoms with Crippen molar-refractivity contribution in [1.82, 2.24) is 10.2 Å². The van der Waals surface area contributed by atoms with Gasteiger partial charge in [-0.1, -0.05) is 6.07 Å². The first-order valence-electron chi connectivity index (χ1n) is 5.61. The highest BCUT2D eigenvalue weighted by Gasteiger charge is 2.22. The Labute approximate surface area is 115 Å². The Morgan fingerprint density at radius 2 is 2.35 bits per heavy atom. The Bertz CT molecular complexity index is 406. The van der Waals surface area contributed by atoms with Crippen LogP contribution in [0.2, 0.25) is 0 Å². The zero-order valence-corrected chi connectivity index (χ0v) is 11.9. The van der Waals surface area contributed by atoms with E-state index in [0.29, 0.717) is 12.6 Å². The number of hydrogen-bond donors (Lipinski definition) is 2. The van der Waals surface area contributed by atoms with Gasteiger partial charge in [0.2, 0.25) is 5.91 Å². The smallest absolute Gasteiger partial charge is 0.238 e. The number of carbonyl (C=O) groups is 1. The van der Waals surface area contributed by atoms with Gasteiger partial charge in [0.15, 0.2) is 0 Å². The molecule has 0 aliphatic carbocycles. The number of nitrogens with one attached hydrogen (secondary N) is 2. The zero-order chi connectivity index (χ0) is 12.3. The molecule has 17 heavy (non-hydrogen) atoms. The molecular weight excluding hydrogens is 329 g/mol. The van der Waals surface area contributed by atoms with Crippen LogP contribution in [0.3, 0.4) is 0 Å². The highest BCUT2D eigenvalue weighted by molar-refractivity contribution is 14.1. The summed E-state index contributed by atoms with van der Waals surface area (Å²) in [4.78, 5) is 13.9. The number of benzene rings is 1. The molecule has 0 atom stereocenters. The molecule has 1 heterocycles. The Kier molecular flexibility index (Phi) is 4.36. The molecule has 1 saturated heterocycles. The van der Waals surface area contributed by atoms with Gasteiger partial charge in [-0.3, -0.25) is 9.69 Å². The molecule has 0 bridgehead atoms. The van der Waals surface area contributed by atoms with Crippen LogP contribution in [0.1, 0.15) is 0 Å². The molecule has 1 fully saturated rings. The fourth-order valence-electron chi connectivity index (χ4n) is 1.71. The molecule has 0 radical (unpaired) electrons. The van der Waals surface area contributed by atoms with Crippen LogP contribution in [0.15, 0.2) is 24.3 Å². The van der Waals surface area contributed by atoms with Crippen molar-refractivity contribution in [3.63, 3.8) is 0 Å². The summed E-state index contributed by atoms with van der Waals surface area (Å²) in [5, 5.41) is 6.11. The average Bonchev–Trinajstić information content (AvgIpc) is 2.13. The lowest BCUT2D eigenvalue weighted by atomic mass is 10.1. The van der Waals surface area contributed by atoms with Gasteiger partial charge in [0.25, 0.3) is 0 Å². The Balaban J connectivity index is 1.84. The minimum Gasteiger partial charge on any atom is -0.325 e. The van der Waals surface area contributed by atoms with Crippen LogP contribution in [0.4, 0.5) is 5.69 Å². The zero-order valence-electron chi connectivity index (χ0n) is 9.74. The van der Waals surface area contributed by atoms with E-state index < -0.39 is 0 Å². The first-order chi connectivity index (χ1) is 8.15. The topological polar surface area (TPSA) is 44.4 Å². The van der Waals surface area contributed by atoms with E-state index in [9.17, 15) is 4.79 Å². The highest BCUT2D eigenvalue weighted by atomic mass is 127. The van der Waals surface area contributed by atoms with Crippen molar-refractivity contribution in [3.8, 4) is 0 Å². The number of halogens is 1. The third-order valence-corrected chi connectivity index (χ3v) is 3.56. The fourth-order valence-corrected chi connectivity index (χ4v) is 2.25. The van der Waals surface area contributed by atoms with Crippen molar-refractivity contribution in [2.45, 2.75) is 6.04 Å². The summed E-state index contributed by atoms with van der Waals surface area (Å²) >= 11 is 2.23. The number of hydrogen-bond acceptors (Lipinski definition) is 3. The van der Waals surface area contributed by atoms with Crippen molar-refractivity contribution in [3.05, 3.63) is 27.8 Å². The normalized spacial score (nSPS) is 15.7. The van der Waals surface area contributed by atoms with E-state index in [1.807, 2.05) is 31.3 Å². The van der Waals surface area contributed by atoms with Gasteiger partial charge in [-0.15, -0.1) is 0 Å². The van der Waals surface area contributed by atoms with Gasteiger partial charge in [-0.2, -0.15) is 0 Å². The Morgan fingerprint density at radius 3 is 2.94 bits per heavy atom. The second kappa shape index (κ2) is 5.79. The van der Waals surface area contributed by atoms with Gasteiger partial charge in [-0.05, 0) is 47.8 Å². The van der Waals surface area contributed by atoms with E-state index in [0.717, 1.165) is 22.3 Å². The molecule has 0 aromatic heterocycles. The van der Waals surface area contributed by atoms with Crippen LogP contribution >= 0.6 is 22.6 Å². The van der Waals surface area contributed by atoms with E-state index in [-0.39, 0.29) is 5.91 Å². The van der Waals surface area contributed by atoms with Crippen molar-refractivity contribution in [2.75, 3.05) is 32.0 Å². The Morgan fingerprint density at radius 1 is 1.59 bits per heavy atom. The average molecular weight is 345 g/mol. The summed E-state index contributed by atoms with van der Waals surface area (Å²) in [5.74, 6) is 0.0430. The molecule has 1 aliphatic rings. The first-order valence-corrected chi connectivity index (χ1v) is 6.69. The van der Waals surface area contributed by atoms with Crippen molar-refractivity contribution in [2.24, 2.45) is 0 Å². The summed E-state index contributed by atoms with van der Waals surface area (Å²) in [7, 11) is 1.99. The molecule has 0 saturated carbocycles. The van der Waals surface area contributed by atoms with E-state index in [2.05, 4.69) is 38.1 Å². The highest BCUT2D eigenvalue weighted by Crippen LogP contribution is 2.12. The summed E-state index contributed by atoms with van der Waals surface area (Å²) in [5.41, 5.74) is 0.863. The standard InChI is InChI=1S/C12H16IN3O/c1-16(11-6-14-7-11)8-12(17)15-10-4-2-3-9(13)5-10/h2-5,11,14H,6-8H2,1H3,(H,15,17). The maximum atomic E-state index is 11.8. The minimum absolute atomic E-state index is 0.0430. The van der Waals surface area contributed by atoms with Crippen molar-refractivity contribution < 1.29 is 4.79 Å². The molecule has 92 valence electrons. The number of amides is 1. The van der Waals surface area contributed by atoms with Crippen molar-refractivity contribution in [1.29, 1.82) is 0 Å².